The molecule has 1 aromatic heterocycles. The standard InChI is InChI=1S/C20H27N5O/c1-15-5-7-16(8-6-15)18(21)20(26)23-14-17-4-3-9-22-19(17)25-12-10-24(2)11-13-25/h3-9,18H,10-14,21H2,1-2H3,(H,23,26). The molecule has 1 aliphatic rings. The topological polar surface area (TPSA) is 74.5 Å². The van der Waals surface area contributed by atoms with Crippen LogP contribution in [0.2, 0.25) is 0 Å². The second-order valence-corrected chi connectivity index (χ2v) is 6.88. The molecule has 26 heavy (non-hydrogen) atoms. The van der Waals surface area contributed by atoms with Crippen LogP contribution in [-0.4, -0.2) is 49.0 Å². The molecule has 1 aliphatic heterocycles. The molecule has 6 nitrogen and oxygen atoms in total. The summed E-state index contributed by atoms with van der Waals surface area (Å²) >= 11 is 0. The average molecular weight is 353 g/mol. The maximum atomic E-state index is 12.5. The average Bonchev–Trinajstić information content (AvgIpc) is 2.67. The van der Waals surface area contributed by atoms with E-state index in [1.807, 2.05) is 43.3 Å². The molecule has 1 fully saturated rings. The van der Waals surface area contributed by atoms with Crippen molar-refractivity contribution in [1.29, 1.82) is 0 Å². The van der Waals surface area contributed by atoms with E-state index in [4.69, 9.17) is 5.73 Å². The van der Waals surface area contributed by atoms with Crippen LogP contribution in [0.1, 0.15) is 22.7 Å². The van der Waals surface area contributed by atoms with Gasteiger partial charge in [0, 0.05) is 44.5 Å². The third kappa shape index (κ3) is 4.39. The van der Waals surface area contributed by atoms with Crippen molar-refractivity contribution in [3.63, 3.8) is 0 Å². The van der Waals surface area contributed by atoms with Crippen LogP contribution < -0.4 is 16.0 Å². The van der Waals surface area contributed by atoms with E-state index >= 15 is 0 Å². The largest absolute Gasteiger partial charge is 0.354 e. The fraction of sp³-hybridized carbons (Fsp3) is 0.400. The van der Waals surface area contributed by atoms with Gasteiger partial charge in [-0.3, -0.25) is 4.79 Å². The minimum atomic E-state index is -0.667. The van der Waals surface area contributed by atoms with E-state index in [0.717, 1.165) is 48.7 Å². The predicted octanol–water partition coefficient (Wildman–Crippen LogP) is 1.46. The number of hydrogen-bond acceptors (Lipinski definition) is 5. The van der Waals surface area contributed by atoms with Gasteiger partial charge in [-0.15, -0.1) is 0 Å². The molecular formula is C20H27N5O. The number of pyridine rings is 1. The number of aryl methyl sites for hydroxylation is 1. The Labute approximate surface area is 155 Å². The molecule has 0 saturated carbocycles. The lowest BCUT2D eigenvalue weighted by Gasteiger charge is -2.34. The van der Waals surface area contributed by atoms with Crippen molar-refractivity contribution in [2.24, 2.45) is 5.73 Å². The number of amides is 1. The molecule has 2 aromatic rings. The number of piperazine rings is 1. The minimum absolute atomic E-state index is 0.179. The molecule has 1 amide bonds. The van der Waals surface area contributed by atoms with Gasteiger partial charge in [0.05, 0.1) is 0 Å². The number of benzene rings is 1. The molecule has 1 aromatic carbocycles. The van der Waals surface area contributed by atoms with Gasteiger partial charge in [0.2, 0.25) is 5.91 Å². The molecule has 1 saturated heterocycles. The Morgan fingerprint density at radius 2 is 1.88 bits per heavy atom. The summed E-state index contributed by atoms with van der Waals surface area (Å²) in [7, 11) is 2.13. The van der Waals surface area contributed by atoms with Crippen LogP contribution >= 0.6 is 0 Å². The number of nitrogens with zero attached hydrogens (tertiary/aromatic N) is 3. The zero-order valence-electron chi connectivity index (χ0n) is 15.5. The Morgan fingerprint density at radius 1 is 1.19 bits per heavy atom. The van der Waals surface area contributed by atoms with Gasteiger partial charge < -0.3 is 20.9 Å². The molecule has 0 aliphatic carbocycles. The van der Waals surface area contributed by atoms with Gasteiger partial charge in [-0.2, -0.15) is 0 Å². The van der Waals surface area contributed by atoms with E-state index in [0.29, 0.717) is 6.54 Å². The highest BCUT2D eigenvalue weighted by Crippen LogP contribution is 2.19. The van der Waals surface area contributed by atoms with Gasteiger partial charge in [0.15, 0.2) is 0 Å². The first-order valence-corrected chi connectivity index (χ1v) is 9.02. The normalized spacial score (nSPS) is 16.3. The van der Waals surface area contributed by atoms with Crippen LogP contribution in [0.4, 0.5) is 5.82 Å². The van der Waals surface area contributed by atoms with Gasteiger partial charge in [-0.05, 0) is 25.6 Å². The summed E-state index contributed by atoms with van der Waals surface area (Å²) < 4.78 is 0. The highest BCUT2D eigenvalue weighted by Gasteiger charge is 2.19. The highest BCUT2D eigenvalue weighted by atomic mass is 16.2. The third-order valence-electron chi connectivity index (χ3n) is 4.84. The molecule has 2 heterocycles. The van der Waals surface area contributed by atoms with Crippen molar-refractivity contribution >= 4 is 11.7 Å². The molecule has 1 unspecified atom stereocenters. The smallest absolute Gasteiger partial charge is 0.241 e. The van der Waals surface area contributed by atoms with Crippen molar-refractivity contribution < 1.29 is 4.79 Å². The highest BCUT2D eigenvalue weighted by molar-refractivity contribution is 5.83. The minimum Gasteiger partial charge on any atom is -0.354 e. The fourth-order valence-electron chi connectivity index (χ4n) is 3.09. The van der Waals surface area contributed by atoms with Crippen LogP contribution in [0.15, 0.2) is 42.6 Å². The molecule has 3 N–H and O–H groups in total. The molecule has 138 valence electrons. The van der Waals surface area contributed by atoms with E-state index in [1.165, 1.54) is 0 Å². The van der Waals surface area contributed by atoms with Gasteiger partial charge in [-0.25, -0.2) is 4.98 Å². The molecule has 0 spiro atoms. The number of nitrogens with two attached hydrogens (primary N) is 1. The Morgan fingerprint density at radius 3 is 2.58 bits per heavy atom. The fourth-order valence-corrected chi connectivity index (χ4v) is 3.09. The zero-order valence-corrected chi connectivity index (χ0v) is 15.5. The van der Waals surface area contributed by atoms with E-state index < -0.39 is 6.04 Å². The second-order valence-electron chi connectivity index (χ2n) is 6.88. The number of anilines is 1. The van der Waals surface area contributed by atoms with Crippen molar-refractivity contribution in [3.8, 4) is 0 Å². The van der Waals surface area contributed by atoms with E-state index in [-0.39, 0.29) is 5.91 Å². The summed E-state index contributed by atoms with van der Waals surface area (Å²) in [6, 6.07) is 11.0. The summed E-state index contributed by atoms with van der Waals surface area (Å²) in [6.07, 6.45) is 1.80. The summed E-state index contributed by atoms with van der Waals surface area (Å²) in [5.74, 6) is 0.770. The SMILES string of the molecule is Cc1ccc(C(N)C(=O)NCc2cccnc2N2CCN(C)CC2)cc1. The number of likely N-dealkylation sites (N-methyl/N-ethyl adjacent to an activating group) is 1. The lowest BCUT2D eigenvalue weighted by Crippen LogP contribution is -2.45. The summed E-state index contributed by atoms with van der Waals surface area (Å²) in [5.41, 5.74) is 9.09. The number of carbonyl (C=O) groups excluding carboxylic acids is 1. The molecule has 0 radical (unpaired) electrons. The first-order valence-electron chi connectivity index (χ1n) is 9.02. The lowest BCUT2D eigenvalue weighted by atomic mass is 10.1. The maximum absolute atomic E-state index is 12.5. The Bertz CT molecular complexity index is 738. The Hall–Kier alpha value is -2.44. The van der Waals surface area contributed by atoms with Crippen LogP contribution in [0.25, 0.3) is 0 Å². The zero-order chi connectivity index (χ0) is 18.5. The molecule has 1 atom stereocenters. The molecule has 3 rings (SSSR count). The van der Waals surface area contributed by atoms with E-state index in [9.17, 15) is 4.79 Å². The predicted molar refractivity (Wildman–Crippen MR) is 104 cm³/mol. The third-order valence-corrected chi connectivity index (χ3v) is 4.84. The van der Waals surface area contributed by atoms with Crippen molar-refractivity contribution in [2.75, 3.05) is 38.1 Å². The van der Waals surface area contributed by atoms with Crippen molar-refractivity contribution in [3.05, 3.63) is 59.3 Å². The lowest BCUT2D eigenvalue weighted by molar-refractivity contribution is -0.122. The Kier molecular flexibility index (Phi) is 5.85. The molecule has 0 bridgehead atoms. The first-order chi connectivity index (χ1) is 12.5. The number of carbonyl (C=O) groups is 1. The van der Waals surface area contributed by atoms with Crippen molar-refractivity contribution in [1.82, 2.24) is 15.2 Å². The first kappa shape index (κ1) is 18.4. The summed E-state index contributed by atoms with van der Waals surface area (Å²) in [6.45, 7) is 6.35. The van der Waals surface area contributed by atoms with Gasteiger partial charge in [0.1, 0.15) is 11.9 Å². The summed E-state index contributed by atoms with van der Waals surface area (Å²) in [4.78, 5) is 21.6. The van der Waals surface area contributed by atoms with Crippen LogP contribution in [-0.2, 0) is 11.3 Å². The maximum Gasteiger partial charge on any atom is 0.241 e. The quantitative estimate of drug-likeness (QED) is 0.851. The van der Waals surface area contributed by atoms with Gasteiger partial charge in [0.25, 0.3) is 0 Å². The van der Waals surface area contributed by atoms with Crippen LogP contribution in [0, 0.1) is 6.92 Å². The molecular weight excluding hydrogens is 326 g/mol. The van der Waals surface area contributed by atoms with E-state index in [1.54, 1.807) is 6.20 Å². The van der Waals surface area contributed by atoms with E-state index in [2.05, 4.69) is 27.1 Å². The second kappa shape index (κ2) is 8.29. The van der Waals surface area contributed by atoms with Crippen LogP contribution in [0.3, 0.4) is 0 Å². The van der Waals surface area contributed by atoms with Crippen LogP contribution in [0.5, 0.6) is 0 Å². The number of hydrogen-bond donors (Lipinski definition) is 2. The number of aromatic nitrogens is 1. The van der Waals surface area contributed by atoms with Crippen molar-refractivity contribution in [2.45, 2.75) is 19.5 Å². The summed E-state index contributed by atoms with van der Waals surface area (Å²) in [5, 5.41) is 2.96. The number of rotatable bonds is 5. The van der Waals surface area contributed by atoms with Gasteiger partial charge in [-0.1, -0.05) is 35.9 Å². The van der Waals surface area contributed by atoms with Gasteiger partial charge >= 0.3 is 0 Å². The number of nitrogens with one attached hydrogen (secondary N) is 1. The molecule has 6 heteroatoms. The monoisotopic (exact) mass is 353 g/mol. The Balaban J connectivity index is 1.64.